The molecule has 1 aliphatic heterocycles. The Balaban J connectivity index is 1.47. The van der Waals surface area contributed by atoms with Gasteiger partial charge in [-0.1, -0.05) is 30.3 Å². The first kappa shape index (κ1) is 19.6. The fourth-order valence-corrected chi connectivity index (χ4v) is 2.98. The second kappa shape index (κ2) is 9.68. The van der Waals surface area contributed by atoms with Crippen LogP contribution >= 0.6 is 0 Å². The Morgan fingerprint density at radius 3 is 2.39 bits per heavy atom. The molecule has 148 valence electrons. The molecule has 0 radical (unpaired) electrons. The number of nitrogens with zero attached hydrogens (tertiary/aromatic N) is 4. The number of anilines is 1. The van der Waals surface area contributed by atoms with Crippen LogP contribution in [0.2, 0.25) is 0 Å². The molecule has 1 aliphatic rings. The zero-order valence-electron chi connectivity index (χ0n) is 16.0. The van der Waals surface area contributed by atoms with Crippen LogP contribution in [-0.2, 0) is 11.2 Å². The van der Waals surface area contributed by atoms with Crippen molar-refractivity contribution in [2.75, 3.05) is 44.6 Å². The molecule has 3 rings (SSSR count). The smallest absolute Gasteiger partial charge is 0.409 e. The molecule has 28 heavy (non-hydrogen) atoms. The van der Waals surface area contributed by atoms with Gasteiger partial charge in [-0.05, 0) is 18.9 Å². The quantitative estimate of drug-likeness (QED) is 0.821. The Hall–Kier alpha value is -3.16. The zero-order valence-corrected chi connectivity index (χ0v) is 16.0. The van der Waals surface area contributed by atoms with E-state index >= 15 is 0 Å². The molecular weight excluding hydrogens is 358 g/mol. The van der Waals surface area contributed by atoms with Crippen molar-refractivity contribution < 1.29 is 14.3 Å². The van der Waals surface area contributed by atoms with E-state index in [1.807, 2.05) is 18.2 Å². The van der Waals surface area contributed by atoms with E-state index in [-0.39, 0.29) is 12.0 Å². The van der Waals surface area contributed by atoms with Gasteiger partial charge in [0.15, 0.2) is 0 Å². The number of aromatic nitrogens is 2. The van der Waals surface area contributed by atoms with E-state index in [9.17, 15) is 9.59 Å². The highest BCUT2D eigenvalue weighted by molar-refractivity contribution is 5.92. The molecule has 8 nitrogen and oxygen atoms in total. The van der Waals surface area contributed by atoms with E-state index < -0.39 is 0 Å². The van der Waals surface area contributed by atoms with E-state index in [1.165, 1.54) is 11.8 Å². The van der Waals surface area contributed by atoms with Gasteiger partial charge in [0, 0.05) is 32.7 Å². The lowest BCUT2D eigenvalue weighted by atomic mass is 10.1. The van der Waals surface area contributed by atoms with Crippen molar-refractivity contribution in [3.05, 3.63) is 54.0 Å². The highest BCUT2D eigenvalue weighted by Gasteiger charge is 2.26. The van der Waals surface area contributed by atoms with Crippen LogP contribution in [0.4, 0.5) is 10.6 Å². The van der Waals surface area contributed by atoms with Crippen LogP contribution in [0.25, 0.3) is 0 Å². The normalized spacial score (nSPS) is 13.9. The van der Waals surface area contributed by atoms with Gasteiger partial charge in [0.1, 0.15) is 11.5 Å². The lowest BCUT2D eigenvalue weighted by Gasteiger charge is -2.33. The van der Waals surface area contributed by atoms with Gasteiger partial charge in [0.25, 0.3) is 5.91 Å². The van der Waals surface area contributed by atoms with Gasteiger partial charge in [0.05, 0.1) is 19.0 Å². The standard InChI is InChI=1S/C20H25N5O3/c1-2-28-20(27)25-12-10-24(11-13-25)19(26)17-14-23-18(15-22-17)21-9-8-16-6-4-3-5-7-16/h3-7,14-15H,2,8-13H2,1H3,(H,21,23). The van der Waals surface area contributed by atoms with Gasteiger partial charge in [0.2, 0.25) is 0 Å². The lowest BCUT2D eigenvalue weighted by molar-refractivity contribution is 0.0565. The number of carbonyl (C=O) groups is 2. The molecule has 0 unspecified atom stereocenters. The lowest BCUT2D eigenvalue weighted by Crippen LogP contribution is -2.50. The van der Waals surface area contributed by atoms with Crippen molar-refractivity contribution in [1.82, 2.24) is 19.8 Å². The van der Waals surface area contributed by atoms with Crippen molar-refractivity contribution in [2.24, 2.45) is 0 Å². The largest absolute Gasteiger partial charge is 0.450 e. The number of amides is 2. The monoisotopic (exact) mass is 383 g/mol. The van der Waals surface area contributed by atoms with Gasteiger partial charge in [-0.25, -0.2) is 14.8 Å². The predicted molar refractivity (Wildman–Crippen MR) is 105 cm³/mol. The second-order valence-electron chi connectivity index (χ2n) is 6.43. The summed E-state index contributed by atoms with van der Waals surface area (Å²) in [5, 5.41) is 3.21. The molecule has 0 bridgehead atoms. The van der Waals surface area contributed by atoms with Gasteiger partial charge in [-0.3, -0.25) is 4.79 Å². The number of hydrogen-bond donors (Lipinski definition) is 1. The average molecular weight is 383 g/mol. The zero-order chi connectivity index (χ0) is 19.8. The Kier molecular flexibility index (Phi) is 6.78. The number of carbonyl (C=O) groups excluding carboxylic acids is 2. The minimum Gasteiger partial charge on any atom is -0.450 e. The van der Waals surface area contributed by atoms with Crippen LogP contribution in [0, 0.1) is 0 Å². The summed E-state index contributed by atoms with van der Waals surface area (Å²) >= 11 is 0. The molecule has 8 heteroatoms. The van der Waals surface area contributed by atoms with Crippen LogP contribution in [0.5, 0.6) is 0 Å². The molecule has 0 spiro atoms. The summed E-state index contributed by atoms with van der Waals surface area (Å²) in [4.78, 5) is 36.1. The molecule has 0 atom stereocenters. The second-order valence-corrected chi connectivity index (χ2v) is 6.43. The number of benzene rings is 1. The maximum Gasteiger partial charge on any atom is 0.409 e. The first-order chi connectivity index (χ1) is 13.7. The Labute approximate surface area is 164 Å². The summed E-state index contributed by atoms with van der Waals surface area (Å²) < 4.78 is 4.99. The summed E-state index contributed by atoms with van der Waals surface area (Å²) in [6.07, 6.45) is 3.62. The van der Waals surface area contributed by atoms with Crippen molar-refractivity contribution in [3.63, 3.8) is 0 Å². The van der Waals surface area contributed by atoms with Crippen molar-refractivity contribution in [3.8, 4) is 0 Å². The van der Waals surface area contributed by atoms with E-state index in [2.05, 4.69) is 27.4 Å². The molecule has 2 amide bonds. The number of piperazine rings is 1. The minimum absolute atomic E-state index is 0.174. The van der Waals surface area contributed by atoms with Gasteiger partial charge in [-0.15, -0.1) is 0 Å². The third-order valence-electron chi connectivity index (χ3n) is 4.53. The Bertz CT molecular complexity index is 774. The van der Waals surface area contributed by atoms with Gasteiger partial charge in [-0.2, -0.15) is 0 Å². The Morgan fingerprint density at radius 2 is 1.75 bits per heavy atom. The summed E-state index contributed by atoms with van der Waals surface area (Å²) in [5.41, 5.74) is 1.55. The molecule has 2 heterocycles. The first-order valence-corrected chi connectivity index (χ1v) is 9.48. The number of rotatable bonds is 6. The molecule has 1 fully saturated rings. The van der Waals surface area contributed by atoms with E-state index in [0.29, 0.717) is 44.3 Å². The average Bonchev–Trinajstić information content (AvgIpc) is 2.75. The third-order valence-corrected chi connectivity index (χ3v) is 4.53. The van der Waals surface area contributed by atoms with E-state index in [0.717, 1.165) is 13.0 Å². The predicted octanol–water partition coefficient (Wildman–Crippen LogP) is 2.05. The third kappa shape index (κ3) is 5.18. The Morgan fingerprint density at radius 1 is 1.04 bits per heavy atom. The number of ether oxygens (including phenoxy) is 1. The van der Waals surface area contributed by atoms with Crippen LogP contribution in [0.1, 0.15) is 23.0 Å². The molecule has 0 saturated carbocycles. The SMILES string of the molecule is CCOC(=O)N1CCN(C(=O)c2cnc(NCCc3ccccc3)cn2)CC1. The number of hydrogen-bond acceptors (Lipinski definition) is 6. The topological polar surface area (TPSA) is 87.7 Å². The first-order valence-electron chi connectivity index (χ1n) is 9.48. The fraction of sp³-hybridized carbons (Fsp3) is 0.400. The molecule has 2 aromatic rings. The highest BCUT2D eigenvalue weighted by atomic mass is 16.6. The summed E-state index contributed by atoms with van der Waals surface area (Å²) in [5.74, 6) is 0.464. The fourth-order valence-electron chi connectivity index (χ4n) is 2.98. The van der Waals surface area contributed by atoms with Crippen LogP contribution < -0.4 is 5.32 Å². The maximum absolute atomic E-state index is 12.6. The van der Waals surface area contributed by atoms with E-state index in [4.69, 9.17) is 4.74 Å². The van der Waals surface area contributed by atoms with Crippen LogP contribution in [-0.4, -0.2) is 71.1 Å². The van der Waals surface area contributed by atoms with Gasteiger partial charge < -0.3 is 19.9 Å². The highest BCUT2D eigenvalue weighted by Crippen LogP contribution is 2.09. The number of nitrogens with one attached hydrogen (secondary N) is 1. The molecule has 0 aliphatic carbocycles. The molecule has 1 N–H and O–H groups in total. The van der Waals surface area contributed by atoms with Crippen molar-refractivity contribution >= 4 is 17.8 Å². The van der Waals surface area contributed by atoms with Gasteiger partial charge >= 0.3 is 6.09 Å². The summed E-state index contributed by atoms with van der Waals surface area (Å²) in [7, 11) is 0. The van der Waals surface area contributed by atoms with E-state index in [1.54, 1.807) is 22.9 Å². The molecular formula is C20H25N5O3. The molecule has 1 aromatic carbocycles. The van der Waals surface area contributed by atoms with Crippen LogP contribution in [0.15, 0.2) is 42.7 Å². The van der Waals surface area contributed by atoms with Crippen LogP contribution in [0.3, 0.4) is 0 Å². The minimum atomic E-state index is -0.333. The molecule has 1 saturated heterocycles. The summed E-state index contributed by atoms with van der Waals surface area (Å²) in [6, 6.07) is 10.2. The summed E-state index contributed by atoms with van der Waals surface area (Å²) in [6.45, 7) is 4.68. The molecule has 1 aromatic heterocycles. The maximum atomic E-state index is 12.6. The van der Waals surface area contributed by atoms with Crippen molar-refractivity contribution in [1.29, 1.82) is 0 Å². The van der Waals surface area contributed by atoms with Crippen molar-refractivity contribution in [2.45, 2.75) is 13.3 Å².